The van der Waals surface area contributed by atoms with Gasteiger partial charge in [-0.1, -0.05) is 28.1 Å². The fourth-order valence-corrected chi connectivity index (χ4v) is 3.03. The SMILES string of the molecule is C[C@@H]1CN(c2nccc3c(Br)cccc23)CCN1. The average molecular weight is 306 g/mol. The van der Waals surface area contributed by atoms with Crippen LogP contribution < -0.4 is 10.2 Å². The normalized spacial score (nSPS) is 20.3. The molecule has 1 aliphatic heterocycles. The summed E-state index contributed by atoms with van der Waals surface area (Å²) < 4.78 is 1.13. The van der Waals surface area contributed by atoms with Crippen LogP contribution in [0, 0.1) is 0 Å². The van der Waals surface area contributed by atoms with E-state index >= 15 is 0 Å². The summed E-state index contributed by atoms with van der Waals surface area (Å²) in [6.45, 7) is 5.27. The van der Waals surface area contributed by atoms with Gasteiger partial charge in [0.05, 0.1) is 0 Å². The standard InChI is InChI=1S/C14H16BrN3/c1-10-9-18(8-7-16-10)14-12-3-2-4-13(15)11(12)5-6-17-14/h2-6,10,16H,7-9H2,1H3/t10-/m1/s1. The lowest BCUT2D eigenvalue weighted by Crippen LogP contribution is -2.49. The average Bonchev–Trinajstić information content (AvgIpc) is 2.39. The second kappa shape index (κ2) is 4.86. The van der Waals surface area contributed by atoms with Crippen LogP contribution in [0.5, 0.6) is 0 Å². The molecule has 0 amide bonds. The Hall–Kier alpha value is -1.13. The lowest BCUT2D eigenvalue weighted by Gasteiger charge is -2.33. The van der Waals surface area contributed by atoms with E-state index in [-0.39, 0.29) is 0 Å². The topological polar surface area (TPSA) is 28.2 Å². The van der Waals surface area contributed by atoms with Gasteiger partial charge in [-0.15, -0.1) is 0 Å². The minimum Gasteiger partial charge on any atom is -0.353 e. The first kappa shape index (κ1) is 11.9. The highest BCUT2D eigenvalue weighted by atomic mass is 79.9. The summed E-state index contributed by atoms with van der Waals surface area (Å²) in [5.74, 6) is 1.10. The van der Waals surface area contributed by atoms with Crippen molar-refractivity contribution in [1.29, 1.82) is 0 Å². The van der Waals surface area contributed by atoms with E-state index in [0.717, 1.165) is 29.9 Å². The van der Waals surface area contributed by atoms with E-state index in [1.54, 1.807) is 0 Å². The molecular formula is C14H16BrN3. The summed E-state index contributed by atoms with van der Waals surface area (Å²) in [5, 5.41) is 5.92. The second-order valence-electron chi connectivity index (χ2n) is 4.77. The molecule has 1 fully saturated rings. The summed E-state index contributed by atoms with van der Waals surface area (Å²) in [7, 11) is 0. The van der Waals surface area contributed by atoms with Gasteiger partial charge < -0.3 is 10.2 Å². The zero-order chi connectivity index (χ0) is 12.5. The van der Waals surface area contributed by atoms with Gasteiger partial charge in [0.15, 0.2) is 0 Å². The highest BCUT2D eigenvalue weighted by molar-refractivity contribution is 9.10. The van der Waals surface area contributed by atoms with Crippen LogP contribution in [-0.4, -0.2) is 30.7 Å². The fraction of sp³-hybridized carbons (Fsp3) is 0.357. The molecule has 0 spiro atoms. The van der Waals surface area contributed by atoms with Crippen LogP contribution in [0.2, 0.25) is 0 Å². The molecule has 0 bridgehead atoms. The number of pyridine rings is 1. The molecule has 94 valence electrons. The minimum atomic E-state index is 0.517. The number of anilines is 1. The Morgan fingerprint density at radius 2 is 2.22 bits per heavy atom. The molecule has 4 heteroatoms. The summed E-state index contributed by atoms with van der Waals surface area (Å²) in [5.41, 5.74) is 0. The van der Waals surface area contributed by atoms with Crippen molar-refractivity contribution in [1.82, 2.24) is 10.3 Å². The number of rotatable bonds is 1. The number of nitrogens with one attached hydrogen (secondary N) is 1. The Morgan fingerprint density at radius 1 is 1.33 bits per heavy atom. The largest absolute Gasteiger partial charge is 0.353 e. The summed E-state index contributed by atoms with van der Waals surface area (Å²) >= 11 is 3.61. The highest BCUT2D eigenvalue weighted by Crippen LogP contribution is 2.30. The molecule has 0 aliphatic carbocycles. The van der Waals surface area contributed by atoms with Gasteiger partial charge in [0.1, 0.15) is 5.82 Å². The van der Waals surface area contributed by atoms with Crippen molar-refractivity contribution >= 4 is 32.5 Å². The molecule has 0 radical (unpaired) electrons. The number of piperazine rings is 1. The third-order valence-corrected chi connectivity index (χ3v) is 4.09. The Morgan fingerprint density at radius 3 is 3.06 bits per heavy atom. The number of halogens is 1. The monoisotopic (exact) mass is 305 g/mol. The van der Waals surface area contributed by atoms with Gasteiger partial charge in [-0.05, 0) is 19.1 Å². The third-order valence-electron chi connectivity index (χ3n) is 3.40. The molecule has 2 heterocycles. The first-order chi connectivity index (χ1) is 8.75. The molecule has 3 rings (SSSR count). The van der Waals surface area contributed by atoms with E-state index in [2.05, 4.69) is 62.3 Å². The van der Waals surface area contributed by atoms with Crippen molar-refractivity contribution in [3.63, 3.8) is 0 Å². The van der Waals surface area contributed by atoms with Crippen molar-refractivity contribution in [3.8, 4) is 0 Å². The number of hydrogen-bond acceptors (Lipinski definition) is 3. The van der Waals surface area contributed by atoms with Crippen molar-refractivity contribution in [3.05, 3.63) is 34.9 Å². The Labute approximate surface area is 115 Å². The number of nitrogens with zero attached hydrogens (tertiary/aromatic N) is 2. The first-order valence-electron chi connectivity index (χ1n) is 6.27. The van der Waals surface area contributed by atoms with E-state index in [0.29, 0.717) is 6.04 Å². The van der Waals surface area contributed by atoms with Crippen LogP contribution in [0.15, 0.2) is 34.9 Å². The van der Waals surface area contributed by atoms with Crippen LogP contribution in [-0.2, 0) is 0 Å². The molecule has 18 heavy (non-hydrogen) atoms. The van der Waals surface area contributed by atoms with Crippen molar-refractivity contribution in [2.45, 2.75) is 13.0 Å². The van der Waals surface area contributed by atoms with E-state index in [9.17, 15) is 0 Å². The number of hydrogen-bond donors (Lipinski definition) is 1. The Bertz CT molecular complexity index is 570. The molecular weight excluding hydrogens is 290 g/mol. The van der Waals surface area contributed by atoms with Gasteiger partial charge in [-0.25, -0.2) is 4.98 Å². The van der Waals surface area contributed by atoms with E-state index < -0.39 is 0 Å². The minimum absolute atomic E-state index is 0.517. The maximum Gasteiger partial charge on any atom is 0.136 e. The van der Waals surface area contributed by atoms with Gasteiger partial charge >= 0.3 is 0 Å². The molecule has 0 unspecified atom stereocenters. The molecule has 1 aliphatic rings. The molecule has 2 aromatic rings. The molecule has 1 aromatic carbocycles. The zero-order valence-corrected chi connectivity index (χ0v) is 11.9. The lowest BCUT2D eigenvalue weighted by atomic mass is 10.1. The maximum atomic E-state index is 4.58. The molecule has 1 aromatic heterocycles. The first-order valence-corrected chi connectivity index (χ1v) is 7.06. The highest BCUT2D eigenvalue weighted by Gasteiger charge is 2.18. The molecule has 1 saturated heterocycles. The number of fused-ring (bicyclic) bond motifs is 1. The predicted molar refractivity (Wildman–Crippen MR) is 79.1 cm³/mol. The van der Waals surface area contributed by atoms with Gasteiger partial charge in [-0.2, -0.15) is 0 Å². The zero-order valence-electron chi connectivity index (χ0n) is 10.4. The van der Waals surface area contributed by atoms with Gasteiger partial charge in [0.2, 0.25) is 0 Å². The Balaban J connectivity index is 2.09. The van der Waals surface area contributed by atoms with E-state index in [4.69, 9.17) is 0 Å². The van der Waals surface area contributed by atoms with Gasteiger partial charge in [-0.3, -0.25) is 0 Å². The van der Waals surface area contributed by atoms with Crippen LogP contribution >= 0.6 is 15.9 Å². The van der Waals surface area contributed by atoms with Crippen LogP contribution in [0.4, 0.5) is 5.82 Å². The van der Waals surface area contributed by atoms with Crippen LogP contribution in [0.3, 0.4) is 0 Å². The smallest absolute Gasteiger partial charge is 0.136 e. The van der Waals surface area contributed by atoms with Crippen molar-refractivity contribution < 1.29 is 0 Å². The van der Waals surface area contributed by atoms with Crippen LogP contribution in [0.1, 0.15) is 6.92 Å². The molecule has 0 saturated carbocycles. The number of benzene rings is 1. The van der Waals surface area contributed by atoms with Crippen molar-refractivity contribution in [2.75, 3.05) is 24.5 Å². The van der Waals surface area contributed by atoms with E-state index in [1.165, 1.54) is 10.8 Å². The molecule has 1 N–H and O–H groups in total. The quantitative estimate of drug-likeness (QED) is 0.878. The summed E-state index contributed by atoms with van der Waals surface area (Å²) in [6.07, 6.45) is 1.90. The van der Waals surface area contributed by atoms with Crippen molar-refractivity contribution in [2.24, 2.45) is 0 Å². The molecule has 3 nitrogen and oxygen atoms in total. The van der Waals surface area contributed by atoms with Gasteiger partial charge in [0.25, 0.3) is 0 Å². The fourth-order valence-electron chi connectivity index (χ4n) is 2.53. The maximum absolute atomic E-state index is 4.58. The van der Waals surface area contributed by atoms with Gasteiger partial charge in [0, 0.05) is 47.1 Å². The summed E-state index contributed by atoms with van der Waals surface area (Å²) in [4.78, 5) is 6.95. The number of aromatic nitrogens is 1. The second-order valence-corrected chi connectivity index (χ2v) is 5.63. The Kier molecular flexibility index (Phi) is 3.22. The lowest BCUT2D eigenvalue weighted by molar-refractivity contribution is 0.483. The molecule has 1 atom stereocenters. The predicted octanol–water partition coefficient (Wildman–Crippen LogP) is 2.80. The van der Waals surface area contributed by atoms with Crippen LogP contribution in [0.25, 0.3) is 10.8 Å². The third kappa shape index (κ3) is 2.10. The van der Waals surface area contributed by atoms with E-state index in [1.807, 2.05) is 6.20 Å². The summed E-state index contributed by atoms with van der Waals surface area (Å²) in [6, 6.07) is 8.88.